The molecule has 242 valence electrons. The molecular formula is C34H35N7O5S. The standard InChI is InChI=1S/C34H35N7O5S/c1-45-25-19-24(20-26(21-25)46-2)37-33-34(39-29-11-4-3-10-28(29)38-33)40-47(43,44)27-9-7-8-23(18-27)31(32(35)42)41-17-6-5-12-30(41)22-13-15-36-16-14-22/h3-4,7-11,13-16,18-21,30-31H,5-6,12,17H2,1-2H3,(H2,35,42)(H,37,38)(H,39,40). The number of anilines is 3. The van der Waals surface area contributed by atoms with Gasteiger partial charge in [-0.1, -0.05) is 30.7 Å². The Labute approximate surface area is 273 Å². The van der Waals surface area contributed by atoms with Crippen molar-refractivity contribution in [3.05, 3.63) is 102 Å². The van der Waals surface area contributed by atoms with Crippen molar-refractivity contribution >= 4 is 44.3 Å². The molecule has 1 aliphatic heterocycles. The number of sulfonamides is 1. The molecule has 1 amide bonds. The van der Waals surface area contributed by atoms with E-state index in [9.17, 15) is 13.2 Å². The van der Waals surface area contributed by atoms with Crippen molar-refractivity contribution in [2.75, 3.05) is 30.8 Å². The van der Waals surface area contributed by atoms with Crippen molar-refractivity contribution < 1.29 is 22.7 Å². The Morgan fingerprint density at radius 2 is 1.57 bits per heavy atom. The van der Waals surface area contributed by atoms with Crippen molar-refractivity contribution in [1.29, 1.82) is 0 Å². The average Bonchev–Trinajstić information content (AvgIpc) is 3.09. The maximum Gasteiger partial charge on any atom is 0.263 e. The molecule has 4 N–H and O–H groups in total. The highest BCUT2D eigenvalue weighted by atomic mass is 32.2. The fraction of sp³-hybridized carbons (Fsp3) is 0.235. The molecule has 1 aliphatic rings. The lowest BCUT2D eigenvalue weighted by molar-refractivity contribution is -0.125. The van der Waals surface area contributed by atoms with Crippen LogP contribution in [-0.2, 0) is 14.8 Å². The third-order valence-electron chi connectivity index (χ3n) is 8.14. The minimum absolute atomic E-state index is 0.0175. The number of nitrogens with zero attached hydrogens (tertiary/aromatic N) is 4. The number of para-hydroxylation sites is 2. The SMILES string of the molecule is COc1cc(Nc2nc3ccccc3nc2NS(=O)(=O)c2cccc(C(C(N)=O)N3CCCCC3c3ccncc3)c2)cc(OC)c1. The third kappa shape index (κ3) is 6.95. The molecule has 13 heteroatoms. The van der Waals surface area contributed by atoms with E-state index in [0.29, 0.717) is 40.3 Å². The zero-order valence-corrected chi connectivity index (χ0v) is 26.8. The van der Waals surface area contributed by atoms with E-state index in [2.05, 4.69) is 29.9 Å². The summed E-state index contributed by atoms with van der Waals surface area (Å²) in [4.78, 5) is 28.4. The van der Waals surface area contributed by atoms with Gasteiger partial charge in [0.2, 0.25) is 5.91 Å². The third-order valence-corrected chi connectivity index (χ3v) is 9.47. The van der Waals surface area contributed by atoms with Gasteiger partial charge in [-0.3, -0.25) is 19.4 Å². The summed E-state index contributed by atoms with van der Waals surface area (Å²) in [5.41, 5.74) is 9.11. The molecule has 2 atom stereocenters. The molecule has 3 aromatic carbocycles. The second-order valence-corrected chi connectivity index (χ2v) is 12.8. The number of hydrogen-bond donors (Lipinski definition) is 3. The number of likely N-dealkylation sites (tertiary alicyclic amines) is 1. The molecular weight excluding hydrogens is 618 g/mol. The first kappa shape index (κ1) is 31.7. The normalized spacial score (nSPS) is 15.9. The molecule has 1 saturated heterocycles. The van der Waals surface area contributed by atoms with Crippen LogP contribution in [0.4, 0.5) is 17.3 Å². The van der Waals surface area contributed by atoms with Crippen LogP contribution in [0.5, 0.6) is 11.5 Å². The zero-order chi connectivity index (χ0) is 33.0. The summed E-state index contributed by atoms with van der Waals surface area (Å²) in [5.74, 6) is 0.652. The van der Waals surface area contributed by atoms with Crippen LogP contribution in [0.25, 0.3) is 11.0 Å². The Hall–Kier alpha value is -5.27. The first-order chi connectivity index (χ1) is 22.8. The van der Waals surface area contributed by atoms with Gasteiger partial charge in [0.25, 0.3) is 10.0 Å². The molecule has 5 aromatic rings. The van der Waals surface area contributed by atoms with E-state index in [4.69, 9.17) is 15.2 Å². The predicted octanol–water partition coefficient (Wildman–Crippen LogP) is 5.34. The van der Waals surface area contributed by atoms with Gasteiger partial charge in [0.05, 0.1) is 30.1 Å². The largest absolute Gasteiger partial charge is 0.497 e. The smallest absolute Gasteiger partial charge is 0.263 e. The Bertz CT molecular complexity index is 1990. The summed E-state index contributed by atoms with van der Waals surface area (Å²) in [6.07, 6.45) is 6.18. The molecule has 0 spiro atoms. The fourth-order valence-corrected chi connectivity index (χ4v) is 7.00. The second kappa shape index (κ2) is 13.6. The Kier molecular flexibility index (Phi) is 9.18. The van der Waals surface area contributed by atoms with Crippen LogP contribution in [0, 0.1) is 0 Å². The van der Waals surface area contributed by atoms with E-state index in [1.807, 2.05) is 18.2 Å². The van der Waals surface area contributed by atoms with E-state index in [0.717, 1.165) is 24.8 Å². The van der Waals surface area contributed by atoms with Crippen molar-refractivity contribution in [2.45, 2.75) is 36.2 Å². The van der Waals surface area contributed by atoms with Gasteiger partial charge in [-0.25, -0.2) is 18.4 Å². The Balaban J connectivity index is 1.35. The van der Waals surface area contributed by atoms with Gasteiger partial charge in [0.15, 0.2) is 11.6 Å². The number of nitrogens with two attached hydrogens (primary N) is 1. The van der Waals surface area contributed by atoms with Crippen molar-refractivity contribution in [3.8, 4) is 11.5 Å². The van der Waals surface area contributed by atoms with Gasteiger partial charge in [-0.2, -0.15) is 0 Å². The molecule has 1 fully saturated rings. The number of benzene rings is 3. The number of aromatic nitrogens is 3. The highest BCUT2D eigenvalue weighted by molar-refractivity contribution is 7.92. The summed E-state index contributed by atoms with van der Waals surface area (Å²) < 4.78 is 41.3. The van der Waals surface area contributed by atoms with Crippen molar-refractivity contribution in [3.63, 3.8) is 0 Å². The predicted molar refractivity (Wildman–Crippen MR) is 179 cm³/mol. The topological polar surface area (TPSA) is 162 Å². The summed E-state index contributed by atoms with van der Waals surface area (Å²) >= 11 is 0. The highest BCUT2D eigenvalue weighted by Crippen LogP contribution is 2.38. The lowest BCUT2D eigenvalue weighted by Gasteiger charge is -2.40. The van der Waals surface area contributed by atoms with Gasteiger partial charge >= 0.3 is 0 Å². The number of carbonyl (C=O) groups excluding carboxylic acids is 1. The minimum Gasteiger partial charge on any atom is -0.497 e. The molecule has 2 aromatic heterocycles. The number of hydrogen-bond acceptors (Lipinski definition) is 10. The summed E-state index contributed by atoms with van der Waals surface area (Å²) in [6.45, 7) is 0.632. The first-order valence-corrected chi connectivity index (χ1v) is 16.6. The number of nitrogens with one attached hydrogen (secondary N) is 2. The molecule has 47 heavy (non-hydrogen) atoms. The first-order valence-electron chi connectivity index (χ1n) is 15.1. The quantitative estimate of drug-likeness (QED) is 0.170. The minimum atomic E-state index is -4.22. The summed E-state index contributed by atoms with van der Waals surface area (Å²) in [7, 11) is -1.15. The van der Waals surface area contributed by atoms with Crippen molar-refractivity contribution in [2.24, 2.45) is 5.73 Å². The van der Waals surface area contributed by atoms with Gasteiger partial charge in [-0.15, -0.1) is 0 Å². The maximum absolute atomic E-state index is 14.0. The second-order valence-electron chi connectivity index (χ2n) is 11.1. The van der Waals surface area contributed by atoms with Gasteiger partial charge in [0.1, 0.15) is 17.5 Å². The molecule has 3 heterocycles. The Morgan fingerprint density at radius 3 is 2.23 bits per heavy atom. The van der Waals surface area contributed by atoms with E-state index in [-0.39, 0.29) is 22.6 Å². The van der Waals surface area contributed by atoms with E-state index >= 15 is 0 Å². The monoisotopic (exact) mass is 653 g/mol. The van der Waals surface area contributed by atoms with Crippen LogP contribution < -0.4 is 25.2 Å². The molecule has 0 radical (unpaired) electrons. The number of primary amides is 1. The van der Waals surface area contributed by atoms with Crippen LogP contribution in [0.15, 0.2) is 96.2 Å². The Morgan fingerprint density at radius 1 is 0.894 bits per heavy atom. The molecule has 6 rings (SSSR count). The molecule has 0 bridgehead atoms. The van der Waals surface area contributed by atoms with Crippen molar-refractivity contribution in [1.82, 2.24) is 19.9 Å². The highest BCUT2D eigenvalue weighted by Gasteiger charge is 2.35. The van der Waals surface area contributed by atoms with Crippen LogP contribution in [0.1, 0.15) is 42.5 Å². The van der Waals surface area contributed by atoms with Gasteiger partial charge in [-0.05, 0) is 66.9 Å². The van der Waals surface area contributed by atoms with E-state index in [1.54, 1.807) is 60.9 Å². The molecule has 12 nitrogen and oxygen atoms in total. The number of ether oxygens (including phenoxy) is 2. The molecule has 0 aliphatic carbocycles. The summed E-state index contributed by atoms with van der Waals surface area (Å²) in [6, 6.07) is 21.6. The maximum atomic E-state index is 14.0. The lowest BCUT2D eigenvalue weighted by Crippen LogP contribution is -2.42. The number of rotatable bonds is 11. The number of piperidine rings is 1. The zero-order valence-electron chi connectivity index (χ0n) is 26.0. The lowest BCUT2D eigenvalue weighted by atomic mass is 9.92. The molecule has 0 saturated carbocycles. The van der Waals surface area contributed by atoms with E-state index in [1.165, 1.54) is 26.4 Å². The fourth-order valence-electron chi connectivity index (χ4n) is 5.94. The number of fused-ring (bicyclic) bond motifs is 1. The van der Waals surface area contributed by atoms with Crippen LogP contribution in [-0.4, -0.2) is 54.9 Å². The van der Waals surface area contributed by atoms with Gasteiger partial charge in [0, 0.05) is 42.3 Å². The number of amides is 1. The number of methoxy groups -OCH3 is 2. The number of pyridine rings is 1. The van der Waals surface area contributed by atoms with E-state index < -0.39 is 22.0 Å². The van der Waals surface area contributed by atoms with Gasteiger partial charge < -0.3 is 20.5 Å². The molecule has 2 unspecified atom stereocenters. The van der Waals surface area contributed by atoms with Crippen LogP contribution in [0.3, 0.4) is 0 Å². The van der Waals surface area contributed by atoms with Crippen LogP contribution in [0.2, 0.25) is 0 Å². The summed E-state index contributed by atoms with van der Waals surface area (Å²) in [5, 5.41) is 3.16. The number of carbonyl (C=O) groups is 1. The van der Waals surface area contributed by atoms with Crippen LogP contribution >= 0.6 is 0 Å². The average molecular weight is 654 g/mol.